The lowest BCUT2D eigenvalue weighted by atomic mass is 10.2. The zero-order chi connectivity index (χ0) is 21.5. The molecule has 1 aromatic heterocycles. The lowest BCUT2D eigenvalue weighted by Crippen LogP contribution is -2.16. The van der Waals surface area contributed by atoms with Crippen LogP contribution in [0.2, 0.25) is 0 Å². The zero-order valence-corrected chi connectivity index (χ0v) is 22.3. The molecule has 0 bridgehead atoms. The van der Waals surface area contributed by atoms with E-state index in [2.05, 4.69) is 76.0 Å². The van der Waals surface area contributed by atoms with Gasteiger partial charge in [-0.15, -0.1) is 12.4 Å². The summed E-state index contributed by atoms with van der Waals surface area (Å²) in [6, 6.07) is 14.1. The lowest BCUT2D eigenvalue weighted by molar-refractivity contribution is 0.411. The van der Waals surface area contributed by atoms with Gasteiger partial charge in [0.15, 0.2) is 0 Å². The van der Waals surface area contributed by atoms with E-state index in [1.807, 2.05) is 61.5 Å². The minimum Gasteiger partial charge on any atom is -0.495 e. The predicted molar refractivity (Wildman–Crippen MR) is 145 cm³/mol. The maximum atomic E-state index is 5.49. The molecule has 0 amide bonds. The third-order valence-electron chi connectivity index (χ3n) is 3.93. The fraction of sp³-hybridized carbons (Fsp3) is 0.200. The van der Waals surface area contributed by atoms with Crippen LogP contribution in [0.25, 0.3) is 0 Å². The summed E-state index contributed by atoms with van der Waals surface area (Å²) in [5.74, 6) is 2.12. The normalized spacial score (nSPS) is 10.5. The second-order valence-corrected chi connectivity index (χ2v) is 8.80. The smallest absolute Gasteiger partial charge is 0.250 e. The number of nitrogens with one attached hydrogen (secondary N) is 2. The van der Waals surface area contributed by atoms with Gasteiger partial charge in [-0.2, -0.15) is 20.1 Å². The maximum absolute atomic E-state index is 5.49. The SMILES string of the molecule is COc1c(I)cc(I)cc1/C=N/Nc1nc(NCc2ccccc2)nc(N(C)C)n1.Cl. The van der Waals surface area contributed by atoms with Gasteiger partial charge < -0.3 is 15.0 Å². The summed E-state index contributed by atoms with van der Waals surface area (Å²) in [6.07, 6.45) is 1.69. The number of halogens is 3. The molecule has 0 saturated heterocycles. The molecule has 31 heavy (non-hydrogen) atoms. The van der Waals surface area contributed by atoms with Gasteiger partial charge in [-0.25, -0.2) is 5.43 Å². The first-order valence-electron chi connectivity index (χ1n) is 8.99. The monoisotopic (exact) mass is 665 g/mol. The number of hydrogen-bond donors (Lipinski definition) is 2. The highest BCUT2D eigenvalue weighted by atomic mass is 127. The number of methoxy groups -OCH3 is 1. The van der Waals surface area contributed by atoms with E-state index in [1.165, 1.54) is 0 Å². The lowest BCUT2D eigenvalue weighted by Gasteiger charge is -2.13. The Balaban J connectivity index is 0.00000341. The Hall–Kier alpha value is -1.93. The minimum atomic E-state index is 0. The molecule has 164 valence electrons. The molecule has 0 unspecified atom stereocenters. The molecule has 8 nitrogen and oxygen atoms in total. The van der Waals surface area contributed by atoms with E-state index in [4.69, 9.17) is 4.74 Å². The van der Waals surface area contributed by atoms with Gasteiger partial charge in [0.1, 0.15) is 5.75 Å². The third kappa shape index (κ3) is 7.31. The van der Waals surface area contributed by atoms with Crippen LogP contribution in [0.3, 0.4) is 0 Å². The summed E-state index contributed by atoms with van der Waals surface area (Å²) in [4.78, 5) is 15.1. The number of ether oxygens (including phenoxy) is 1. The standard InChI is InChI=1S/C20H21I2N7O.ClH/c1-29(2)20-26-18(23-11-13-7-5-4-6-8-13)25-19(27-20)28-24-12-14-9-15(21)10-16(22)17(14)30-3;/h4-10,12H,11H2,1-3H3,(H2,23,25,26,27,28);1H/b24-12+;. The number of aromatic nitrogens is 3. The van der Waals surface area contributed by atoms with Crippen LogP contribution in [0, 0.1) is 7.14 Å². The fourth-order valence-electron chi connectivity index (χ4n) is 2.52. The molecule has 0 spiro atoms. The summed E-state index contributed by atoms with van der Waals surface area (Å²) < 4.78 is 7.61. The summed E-state index contributed by atoms with van der Waals surface area (Å²) in [5, 5.41) is 7.54. The number of anilines is 3. The average Bonchev–Trinajstić information content (AvgIpc) is 2.72. The van der Waals surface area contributed by atoms with Gasteiger partial charge in [0.2, 0.25) is 17.8 Å². The molecule has 3 aromatic rings. The summed E-state index contributed by atoms with van der Waals surface area (Å²) in [5.41, 5.74) is 4.90. The zero-order valence-electron chi connectivity index (χ0n) is 17.1. The van der Waals surface area contributed by atoms with Gasteiger partial charge in [0, 0.05) is 29.8 Å². The first-order chi connectivity index (χ1) is 14.5. The van der Waals surface area contributed by atoms with Crippen molar-refractivity contribution in [2.24, 2.45) is 5.10 Å². The molecule has 0 radical (unpaired) electrons. The highest BCUT2D eigenvalue weighted by Crippen LogP contribution is 2.27. The van der Waals surface area contributed by atoms with Crippen LogP contribution in [-0.4, -0.2) is 42.4 Å². The predicted octanol–water partition coefficient (Wildman–Crippen LogP) is 4.64. The topological polar surface area (TPSA) is 87.6 Å². The molecule has 0 aliphatic heterocycles. The Bertz CT molecular complexity index is 1040. The molecule has 3 rings (SSSR count). The first-order valence-corrected chi connectivity index (χ1v) is 11.2. The van der Waals surface area contributed by atoms with E-state index in [0.29, 0.717) is 24.4 Å². The van der Waals surface area contributed by atoms with Crippen LogP contribution in [-0.2, 0) is 6.54 Å². The van der Waals surface area contributed by atoms with Gasteiger partial charge in [-0.3, -0.25) is 0 Å². The molecule has 0 aliphatic rings. The van der Waals surface area contributed by atoms with E-state index in [0.717, 1.165) is 24.0 Å². The van der Waals surface area contributed by atoms with Crippen molar-refractivity contribution in [2.45, 2.75) is 6.54 Å². The molecular weight excluding hydrogens is 644 g/mol. The van der Waals surface area contributed by atoms with Gasteiger partial charge in [0.25, 0.3) is 0 Å². The van der Waals surface area contributed by atoms with Crippen LogP contribution < -0.4 is 20.4 Å². The molecule has 2 aromatic carbocycles. The Labute approximate surface area is 215 Å². The molecule has 0 aliphatic carbocycles. The van der Waals surface area contributed by atoms with Crippen molar-refractivity contribution < 1.29 is 4.74 Å². The highest BCUT2D eigenvalue weighted by Gasteiger charge is 2.09. The van der Waals surface area contributed by atoms with Crippen molar-refractivity contribution in [3.05, 3.63) is 60.7 Å². The number of nitrogens with zero attached hydrogens (tertiary/aromatic N) is 5. The molecule has 0 fully saturated rings. The highest BCUT2D eigenvalue weighted by molar-refractivity contribution is 14.1. The molecule has 0 saturated carbocycles. The van der Waals surface area contributed by atoms with Crippen molar-refractivity contribution in [2.75, 3.05) is 36.8 Å². The van der Waals surface area contributed by atoms with Crippen LogP contribution in [0.1, 0.15) is 11.1 Å². The van der Waals surface area contributed by atoms with Gasteiger partial charge in [0.05, 0.1) is 16.9 Å². The Morgan fingerprint density at radius 3 is 2.45 bits per heavy atom. The van der Waals surface area contributed by atoms with Crippen LogP contribution in [0.4, 0.5) is 17.8 Å². The Morgan fingerprint density at radius 1 is 1.06 bits per heavy atom. The van der Waals surface area contributed by atoms with Crippen molar-refractivity contribution in [1.29, 1.82) is 0 Å². The minimum absolute atomic E-state index is 0. The summed E-state index contributed by atoms with van der Waals surface area (Å²) in [7, 11) is 5.40. The van der Waals surface area contributed by atoms with Crippen molar-refractivity contribution >= 4 is 81.6 Å². The van der Waals surface area contributed by atoms with Crippen molar-refractivity contribution in [3.8, 4) is 5.75 Å². The number of hydrogen-bond acceptors (Lipinski definition) is 8. The van der Waals surface area contributed by atoms with E-state index in [1.54, 1.807) is 13.3 Å². The first kappa shape index (κ1) is 25.3. The van der Waals surface area contributed by atoms with Gasteiger partial charge >= 0.3 is 0 Å². The Morgan fingerprint density at radius 2 is 1.77 bits per heavy atom. The molecule has 2 N–H and O–H groups in total. The van der Waals surface area contributed by atoms with Crippen LogP contribution in [0.5, 0.6) is 5.75 Å². The van der Waals surface area contributed by atoms with E-state index >= 15 is 0 Å². The number of benzene rings is 2. The third-order valence-corrected chi connectivity index (χ3v) is 5.35. The molecule has 1 heterocycles. The second-order valence-electron chi connectivity index (χ2n) is 6.40. The fourth-order valence-corrected chi connectivity index (χ4v) is 4.63. The van der Waals surface area contributed by atoms with Crippen molar-refractivity contribution in [3.63, 3.8) is 0 Å². The van der Waals surface area contributed by atoms with E-state index < -0.39 is 0 Å². The quantitative estimate of drug-likeness (QED) is 0.206. The van der Waals surface area contributed by atoms with E-state index in [9.17, 15) is 0 Å². The molecular formula is C20H22ClI2N7O. The van der Waals surface area contributed by atoms with Gasteiger partial charge in [-0.05, 0) is 62.9 Å². The van der Waals surface area contributed by atoms with Crippen molar-refractivity contribution in [1.82, 2.24) is 15.0 Å². The second kappa shape index (κ2) is 12.2. The Kier molecular flexibility index (Phi) is 9.96. The summed E-state index contributed by atoms with van der Waals surface area (Å²) in [6.45, 7) is 0.610. The van der Waals surface area contributed by atoms with E-state index in [-0.39, 0.29) is 12.4 Å². The molecule has 0 atom stereocenters. The largest absolute Gasteiger partial charge is 0.495 e. The van der Waals surface area contributed by atoms with Gasteiger partial charge in [-0.1, -0.05) is 30.3 Å². The maximum Gasteiger partial charge on any atom is 0.250 e. The summed E-state index contributed by atoms with van der Waals surface area (Å²) >= 11 is 4.51. The number of rotatable bonds is 8. The number of hydrazone groups is 1. The van der Waals surface area contributed by atoms with Crippen LogP contribution >= 0.6 is 57.6 Å². The molecule has 11 heteroatoms. The average molecular weight is 666 g/mol. The van der Waals surface area contributed by atoms with Crippen LogP contribution in [0.15, 0.2) is 47.6 Å².